The van der Waals surface area contributed by atoms with Crippen LogP contribution in [-0.2, 0) is 0 Å². The van der Waals surface area contributed by atoms with E-state index in [1.807, 2.05) is 0 Å². The van der Waals surface area contributed by atoms with Crippen LogP contribution in [0.15, 0.2) is 0 Å². The molecule has 0 unspecified atom stereocenters. The minimum Gasteiger partial charge on any atom is -0.412 e. The third-order valence-electron chi connectivity index (χ3n) is 0. The van der Waals surface area contributed by atoms with E-state index in [-0.39, 0.29) is 69.1 Å². The molecule has 0 spiro atoms. The summed E-state index contributed by atoms with van der Waals surface area (Å²) >= 11 is 0. The van der Waals surface area contributed by atoms with Crippen molar-refractivity contribution in [1.29, 1.82) is 0 Å². The van der Waals surface area contributed by atoms with E-state index >= 15 is 0 Å². The van der Waals surface area contributed by atoms with Crippen molar-refractivity contribution in [2.75, 3.05) is 0 Å². The first-order valence-corrected chi connectivity index (χ1v) is 1.70. The first-order valence-electron chi connectivity index (χ1n) is 1.70. The van der Waals surface area contributed by atoms with Gasteiger partial charge in [0.15, 0.2) is 0 Å². The molecule has 0 aliphatic carbocycles. The molecule has 0 rings (SSSR count). The van der Waals surface area contributed by atoms with Crippen molar-refractivity contribution in [2.24, 2.45) is 0 Å². The minimum atomic E-state index is -1.50. The van der Waals surface area contributed by atoms with E-state index in [2.05, 4.69) is 0 Å². The Hall–Kier alpha value is -2.12. The van der Waals surface area contributed by atoms with Gasteiger partial charge >= 0.3 is 0 Å². The minimum absolute atomic E-state index is 0. The first kappa shape index (κ1) is 150. The molecule has 0 bridgehead atoms. The summed E-state index contributed by atoms with van der Waals surface area (Å²) in [6.45, 7) is 0. The van der Waals surface area contributed by atoms with E-state index in [1.165, 1.54) is 0 Å². The van der Waals surface area contributed by atoms with Crippen LogP contribution in [-0.4, -0.2) is 100.0 Å². The largest absolute Gasteiger partial charge is 0.412 e. The van der Waals surface area contributed by atoms with Crippen LogP contribution < -0.4 is 0 Å². The molecule has 0 aromatic rings. The summed E-state index contributed by atoms with van der Waals surface area (Å²) < 4.78 is 0. The Morgan fingerprint density at radius 3 is 0.455 bits per heavy atom. The van der Waals surface area contributed by atoms with Gasteiger partial charge in [0.1, 0.15) is 0 Å². The van der Waals surface area contributed by atoms with Gasteiger partial charge in [-0.1, -0.05) is 0 Å². The molecular weight excluding hydrogens is 400 g/mol. The van der Waals surface area contributed by atoms with Crippen LogP contribution in [0, 0.1) is 30.3 Å². The van der Waals surface area contributed by atoms with Crippen molar-refractivity contribution in [2.45, 2.75) is 0 Å². The monoisotopic (exact) mass is 420 g/mol. The maximum absolute atomic E-state index is 8.36. The van der Waals surface area contributed by atoms with Crippen LogP contribution in [0.1, 0.15) is 0 Å². The Morgan fingerprint density at radius 1 is 0.455 bits per heavy atom. The van der Waals surface area contributed by atoms with E-state index in [9.17, 15) is 0 Å². The van der Waals surface area contributed by atoms with Crippen LogP contribution in [0.4, 0.5) is 0 Å². The summed E-state index contributed by atoms with van der Waals surface area (Å²) in [4.78, 5) is 25.1. The van der Waals surface area contributed by atoms with Crippen molar-refractivity contribution < 1.29 is 80.2 Å². The van der Waals surface area contributed by atoms with Crippen LogP contribution in [0.5, 0.6) is 0 Å². The fourth-order valence-electron chi connectivity index (χ4n) is 0. The van der Waals surface area contributed by atoms with Crippen molar-refractivity contribution in [1.82, 2.24) is 0 Å². The molecule has 3 radical (unpaired) electrons. The fourth-order valence-corrected chi connectivity index (χ4v) is 0. The van der Waals surface area contributed by atoms with Crippen LogP contribution in [0.3, 0.4) is 0 Å². The molecule has 0 aromatic heterocycles. The molecule has 21 nitrogen and oxygen atoms in total. The molecule has 0 saturated carbocycles. The summed E-state index contributed by atoms with van der Waals surface area (Å²) in [5, 5.41) is 40.9. The Morgan fingerprint density at radius 2 is 0.455 bits per heavy atom. The van der Waals surface area contributed by atoms with E-state index in [0.717, 1.165) is 0 Å². The Labute approximate surface area is 131 Å². The van der Waals surface area contributed by atoms with Gasteiger partial charge < -0.3 is 64.9 Å². The van der Waals surface area contributed by atoms with Crippen LogP contribution in [0.2, 0.25) is 0 Å². The summed E-state index contributed by atoms with van der Waals surface area (Å²) in [5.74, 6) is 0. The van der Waals surface area contributed by atoms with Gasteiger partial charge in [-0.2, -0.15) is 0 Å². The summed E-state index contributed by atoms with van der Waals surface area (Å²) in [6, 6.07) is 0. The molecular formula is H21GaN3O18. The van der Waals surface area contributed by atoms with Gasteiger partial charge in [-0.25, -0.2) is 0 Å². The first-order chi connectivity index (χ1) is 5.20. The van der Waals surface area contributed by atoms with Gasteiger partial charge in [-0.3, -0.25) is 0 Å². The smallest absolute Gasteiger partial charge is 0.291 e. The SMILES string of the molecule is O.O.O.O.O.O.O.O.O.O=[N+]([O-])O.O=[N+]([O-])O.O=[N+]([O-])O.[Ga]. The zero-order valence-electron chi connectivity index (χ0n) is 10.2. The van der Waals surface area contributed by atoms with Crippen molar-refractivity contribution in [3.63, 3.8) is 0 Å². The zero-order valence-corrected chi connectivity index (χ0v) is 12.6. The van der Waals surface area contributed by atoms with Crippen LogP contribution in [0.25, 0.3) is 0 Å². The second kappa shape index (κ2) is 128. The average molecular weight is 421 g/mol. The fraction of sp³-hybridized carbons (Fsp3) is 0. The third kappa shape index (κ3) is 1130. The predicted molar refractivity (Wildman–Crippen MR) is 64.6 cm³/mol. The van der Waals surface area contributed by atoms with Crippen molar-refractivity contribution in [3.05, 3.63) is 30.3 Å². The molecule has 0 atom stereocenters. The molecule has 0 aliphatic rings. The van der Waals surface area contributed by atoms with Crippen molar-refractivity contribution >= 4 is 19.8 Å². The predicted octanol–water partition coefficient (Wildman–Crippen LogP) is -8.85. The van der Waals surface area contributed by atoms with Gasteiger partial charge in [-0.15, -0.1) is 30.3 Å². The molecule has 0 fully saturated rings. The molecule has 0 heterocycles. The maximum Gasteiger partial charge on any atom is 0.291 e. The summed E-state index contributed by atoms with van der Waals surface area (Å²) in [5.41, 5.74) is 0. The van der Waals surface area contributed by atoms with Gasteiger partial charge in [0.05, 0.1) is 0 Å². The van der Waals surface area contributed by atoms with E-state index in [4.69, 9.17) is 46.0 Å². The molecule has 21 N–H and O–H groups in total. The normalized spacial score (nSPS) is 3.27. The standard InChI is InChI=1S/Ga.3HNO3.9H2O/c;3*2-1(3)4;;;;;;;;;/h;3*(H,2,3,4);9*1H2. The summed E-state index contributed by atoms with van der Waals surface area (Å²) in [6.07, 6.45) is 0. The second-order valence-corrected chi connectivity index (χ2v) is 0.714. The number of nitrogens with zero attached hydrogens (tertiary/aromatic N) is 3. The maximum atomic E-state index is 8.36. The Balaban J connectivity index is -0.00000000409. The number of hydrogen-bond donors (Lipinski definition) is 3. The van der Waals surface area contributed by atoms with Gasteiger partial charge in [0, 0.05) is 19.8 Å². The van der Waals surface area contributed by atoms with E-state index in [0.29, 0.717) is 0 Å². The van der Waals surface area contributed by atoms with E-state index in [1.54, 1.807) is 0 Å². The van der Waals surface area contributed by atoms with Crippen molar-refractivity contribution in [3.8, 4) is 0 Å². The topological polar surface area (TPSA) is 474 Å². The molecule has 0 amide bonds. The van der Waals surface area contributed by atoms with E-state index < -0.39 is 15.3 Å². The van der Waals surface area contributed by atoms with Gasteiger partial charge in [0.25, 0.3) is 15.3 Å². The van der Waals surface area contributed by atoms with Gasteiger partial charge in [-0.05, 0) is 0 Å². The van der Waals surface area contributed by atoms with Crippen LogP contribution >= 0.6 is 0 Å². The molecule has 0 saturated heterocycles. The Kier molecular flexibility index (Phi) is 869. The quantitative estimate of drug-likeness (QED) is 0.189. The molecule has 0 aliphatic heterocycles. The molecule has 0 aromatic carbocycles. The third-order valence-corrected chi connectivity index (χ3v) is 0. The molecule has 147 valence electrons. The zero-order chi connectivity index (χ0) is 10.7. The Bertz CT molecular complexity index is 116. The summed E-state index contributed by atoms with van der Waals surface area (Å²) in [7, 11) is 0. The number of rotatable bonds is 0. The second-order valence-electron chi connectivity index (χ2n) is 0.714. The number of hydrogen-bond acceptors (Lipinski definition) is 6. The molecule has 22 heavy (non-hydrogen) atoms. The van der Waals surface area contributed by atoms with Gasteiger partial charge in [0.2, 0.25) is 0 Å². The molecule has 22 heteroatoms. The average Bonchev–Trinajstić information content (AvgIpc) is 1.54.